The summed E-state index contributed by atoms with van der Waals surface area (Å²) in [5.74, 6) is 0. The van der Waals surface area contributed by atoms with Crippen LogP contribution < -0.4 is 11.1 Å². The predicted molar refractivity (Wildman–Crippen MR) is 75.7 cm³/mol. The quantitative estimate of drug-likeness (QED) is 0.850. The van der Waals surface area contributed by atoms with Gasteiger partial charge in [0.1, 0.15) is 0 Å². The number of rotatable bonds is 5. The van der Waals surface area contributed by atoms with E-state index in [0.29, 0.717) is 11.7 Å². The van der Waals surface area contributed by atoms with Gasteiger partial charge in [-0.25, -0.2) is 0 Å². The predicted octanol–water partition coefficient (Wildman–Crippen LogP) is 2.65. The van der Waals surface area contributed by atoms with Gasteiger partial charge in [0.15, 0.2) is 0 Å². The molecule has 4 nitrogen and oxygen atoms in total. The molecular weight excluding hydrogens is 226 g/mol. The van der Waals surface area contributed by atoms with E-state index >= 15 is 0 Å². The van der Waals surface area contributed by atoms with E-state index in [1.807, 2.05) is 24.3 Å². The Balaban J connectivity index is 2.28. The van der Waals surface area contributed by atoms with Crippen LogP contribution in [0, 0.1) is 0 Å². The Morgan fingerprint density at radius 3 is 2.94 bits per heavy atom. The van der Waals surface area contributed by atoms with E-state index in [-0.39, 0.29) is 0 Å². The number of pyridine rings is 1. The van der Waals surface area contributed by atoms with E-state index in [9.17, 15) is 0 Å². The summed E-state index contributed by atoms with van der Waals surface area (Å²) in [4.78, 5) is 4.32. The van der Waals surface area contributed by atoms with Gasteiger partial charge in [0, 0.05) is 25.1 Å². The van der Waals surface area contributed by atoms with Crippen molar-refractivity contribution in [1.29, 1.82) is 0 Å². The first-order chi connectivity index (χ1) is 8.72. The van der Waals surface area contributed by atoms with Crippen molar-refractivity contribution in [1.82, 2.24) is 4.98 Å². The maximum atomic E-state index is 6.01. The molecule has 4 heteroatoms. The lowest BCUT2D eigenvalue weighted by atomic mass is 10.1. The zero-order valence-corrected chi connectivity index (χ0v) is 10.8. The molecule has 0 amide bonds. The molecule has 0 aliphatic heterocycles. The second-order valence-electron chi connectivity index (χ2n) is 4.43. The summed E-state index contributed by atoms with van der Waals surface area (Å²) in [6.07, 6.45) is 2.64. The largest absolute Gasteiger partial charge is 0.396 e. The highest BCUT2D eigenvalue weighted by atomic mass is 16.5. The number of nitrogens with two attached hydrogens (primary N) is 1. The summed E-state index contributed by atoms with van der Waals surface area (Å²) in [6, 6.07) is 8.29. The first-order valence-electron chi connectivity index (χ1n) is 6.11. The molecule has 1 aromatic heterocycles. The molecule has 1 unspecified atom stereocenters. The fourth-order valence-electron chi connectivity index (χ4n) is 1.93. The van der Waals surface area contributed by atoms with Crippen LogP contribution in [0.3, 0.4) is 0 Å². The molecule has 18 heavy (non-hydrogen) atoms. The van der Waals surface area contributed by atoms with Crippen LogP contribution in [0.25, 0.3) is 10.9 Å². The number of anilines is 2. The van der Waals surface area contributed by atoms with Gasteiger partial charge in [0.05, 0.1) is 23.1 Å². The lowest BCUT2D eigenvalue weighted by Gasteiger charge is -2.18. The molecule has 0 spiro atoms. The van der Waals surface area contributed by atoms with Gasteiger partial charge in [-0.15, -0.1) is 0 Å². The van der Waals surface area contributed by atoms with Crippen molar-refractivity contribution >= 4 is 22.3 Å². The summed E-state index contributed by atoms with van der Waals surface area (Å²) in [5.41, 5.74) is 8.60. The highest BCUT2D eigenvalue weighted by Gasteiger charge is 2.09. The van der Waals surface area contributed by atoms with Crippen molar-refractivity contribution in [3.8, 4) is 0 Å². The average molecular weight is 245 g/mol. The topological polar surface area (TPSA) is 60.2 Å². The summed E-state index contributed by atoms with van der Waals surface area (Å²) in [6.45, 7) is 2.85. The Morgan fingerprint density at radius 1 is 1.39 bits per heavy atom. The molecule has 0 aliphatic carbocycles. The van der Waals surface area contributed by atoms with Crippen LogP contribution in [0.5, 0.6) is 0 Å². The minimum Gasteiger partial charge on any atom is -0.396 e. The minimum absolute atomic E-state index is 0.304. The number of fused-ring (bicyclic) bond motifs is 1. The number of hydrogen-bond donors (Lipinski definition) is 2. The standard InChI is InChI=1S/C14H19N3O/c1-10(7-8-18-2)17-14-11-5-3-4-6-13(11)16-9-12(14)15/h3-6,9-10H,7-8,15H2,1-2H3,(H,16,17). The van der Waals surface area contributed by atoms with Crippen LogP contribution in [0.15, 0.2) is 30.5 Å². The lowest BCUT2D eigenvalue weighted by Crippen LogP contribution is -2.18. The smallest absolute Gasteiger partial charge is 0.0743 e. The Labute approximate surface area is 107 Å². The third kappa shape index (κ3) is 2.71. The average Bonchev–Trinajstić information content (AvgIpc) is 2.40. The molecule has 0 radical (unpaired) electrons. The molecule has 1 heterocycles. The zero-order chi connectivity index (χ0) is 13.0. The maximum absolute atomic E-state index is 6.01. The number of hydrogen-bond acceptors (Lipinski definition) is 4. The van der Waals surface area contributed by atoms with Crippen LogP contribution in [0.2, 0.25) is 0 Å². The number of ether oxygens (including phenoxy) is 1. The molecule has 2 rings (SSSR count). The van der Waals surface area contributed by atoms with Gasteiger partial charge in [-0.2, -0.15) is 0 Å². The van der Waals surface area contributed by atoms with E-state index < -0.39 is 0 Å². The van der Waals surface area contributed by atoms with Gasteiger partial charge in [0.2, 0.25) is 0 Å². The van der Waals surface area contributed by atoms with Gasteiger partial charge in [0.25, 0.3) is 0 Å². The highest BCUT2D eigenvalue weighted by molar-refractivity contribution is 5.96. The Bertz CT molecular complexity index is 527. The van der Waals surface area contributed by atoms with Gasteiger partial charge in [-0.05, 0) is 19.4 Å². The van der Waals surface area contributed by atoms with Crippen molar-refractivity contribution in [3.63, 3.8) is 0 Å². The second-order valence-corrected chi connectivity index (χ2v) is 4.43. The van der Waals surface area contributed by atoms with Crippen molar-refractivity contribution in [2.75, 3.05) is 24.8 Å². The number of methoxy groups -OCH3 is 1. The molecule has 1 aromatic carbocycles. The van der Waals surface area contributed by atoms with Crippen LogP contribution in [0.4, 0.5) is 11.4 Å². The van der Waals surface area contributed by atoms with Crippen molar-refractivity contribution in [2.24, 2.45) is 0 Å². The van der Waals surface area contributed by atoms with Crippen LogP contribution in [-0.4, -0.2) is 24.7 Å². The Morgan fingerprint density at radius 2 is 2.17 bits per heavy atom. The first kappa shape index (κ1) is 12.6. The molecule has 2 aromatic rings. The monoisotopic (exact) mass is 245 g/mol. The van der Waals surface area contributed by atoms with E-state index in [0.717, 1.165) is 29.6 Å². The zero-order valence-electron chi connectivity index (χ0n) is 10.8. The van der Waals surface area contributed by atoms with Crippen molar-refractivity contribution in [3.05, 3.63) is 30.5 Å². The number of aromatic nitrogens is 1. The van der Waals surface area contributed by atoms with Crippen LogP contribution >= 0.6 is 0 Å². The molecule has 0 aliphatic rings. The van der Waals surface area contributed by atoms with Gasteiger partial charge in [-0.3, -0.25) is 4.98 Å². The van der Waals surface area contributed by atoms with Gasteiger partial charge < -0.3 is 15.8 Å². The molecule has 0 bridgehead atoms. The van der Waals surface area contributed by atoms with E-state index in [4.69, 9.17) is 10.5 Å². The molecule has 0 saturated carbocycles. The normalized spacial score (nSPS) is 12.6. The highest BCUT2D eigenvalue weighted by Crippen LogP contribution is 2.28. The number of benzene rings is 1. The summed E-state index contributed by atoms with van der Waals surface area (Å²) in [7, 11) is 1.71. The Kier molecular flexibility index (Phi) is 3.99. The molecule has 0 fully saturated rings. The third-order valence-electron chi connectivity index (χ3n) is 2.95. The van der Waals surface area contributed by atoms with Crippen LogP contribution in [0.1, 0.15) is 13.3 Å². The van der Waals surface area contributed by atoms with Crippen molar-refractivity contribution in [2.45, 2.75) is 19.4 Å². The fraction of sp³-hybridized carbons (Fsp3) is 0.357. The van der Waals surface area contributed by atoms with Crippen molar-refractivity contribution < 1.29 is 4.74 Å². The molecule has 96 valence electrons. The third-order valence-corrected chi connectivity index (χ3v) is 2.95. The molecular formula is C14H19N3O. The number of para-hydroxylation sites is 1. The van der Waals surface area contributed by atoms with Gasteiger partial charge >= 0.3 is 0 Å². The molecule has 3 N–H and O–H groups in total. The fourth-order valence-corrected chi connectivity index (χ4v) is 1.93. The van der Waals surface area contributed by atoms with E-state index in [2.05, 4.69) is 17.2 Å². The lowest BCUT2D eigenvalue weighted by molar-refractivity contribution is 0.191. The number of nitrogens with zero attached hydrogens (tertiary/aromatic N) is 1. The number of nitrogens with one attached hydrogen (secondary N) is 1. The second kappa shape index (κ2) is 5.69. The number of nitrogen functional groups attached to an aromatic ring is 1. The minimum atomic E-state index is 0.304. The summed E-state index contributed by atoms with van der Waals surface area (Å²) >= 11 is 0. The molecule has 0 saturated heterocycles. The van der Waals surface area contributed by atoms with Gasteiger partial charge in [-0.1, -0.05) is 18.2 Å². The van der Waals surface area contributed by atoms with E-state index in [1.54, 1.807) is 13.3 Å². The SMILES string of the molecule is COCCC(C)Nc1c(N)cnc2ccccc12. The maximum Gasteiger partial charge on any atom is 0.0743 e. The molecule has 1 atom stereocenters. The Hall–Kier alpha value is -1.81. The van der Waals surface area contributed by atoms with Crippen LogP contribution in [-0.2, 0) is 4.74 Å². The summed E-state index contributed by atoms with van der Waals surface area (Å²) in [5, 5.41) is 4.50. The summed E-state index contributed by atoms with van der Waals surface area (Å²) < 4.78 is 5.08. The van der Waals surface area contributed by atoms with E-state index in [1.165, 1.54) is 0 Å². The first-order valence-corrected chi connectivity index (χ1v) is 6.11.